The van der Waals surface area contributed by atoms with Crippen molar-refractivity contribution in [3.05, 3.63) is 65.7 Å². The molecule has 0 atom stereocenters. The van der Waals surface area contributed by atoms with Crippen molar-refractivity contribution < 1.29 is 10.1 Å². The van der Waals surface area contributed by atoms with E-state index in [1.807, 2.05) is 0 Å². The average Bonchev–Trinajstić information content (AvgIpc) is 3.12. The Hall–Kier alpha value is -1.80. The molecule has 1 fully saturated rings. The zero-order chi connectivity index (χ0) is 16.7. The normalized spacial score (nSPS) is 16.2. The Labute approximate surface area is 146 Å². The van der Waals surface area contributed by atoms with Gasteiger partial charge < -0.3 is 10.1 Å². The Morgan fingerprint density at radius 3 is 2.33 bits per heavy atom. The Morgan fingerprint density at radius 1 is 0.958 bits per heavy atom. The number of nitrogens with two attached hydrogens (primary N) is 1. The van der Waals surface area contributed by atoms with E-state index in [9.17, 15) is 0 Å². The van der Waals surface area contributed by atoms with Crippen molar-refractivity contribution in [3.63, 3.8) is 0 Å². The van der Waals surface area contributed by atoms with Crippen LogP contribution in [-0.4, -0.2) is 13.2 Å². The first-order valence-electron chi connectivity index (χ1n) is 9.41. The second-order valence-corrected chi connectivity index (χ2v) is 7.04. The molecule has 0 aromatic heterocycles. The van der Waals surface area contributed by atoms with Crippen LogP contribution in [-0.2, 0) is 12.0 Å². The van der Waals surface area contributed by atoms with Crippen molar-refractivity contribution >= 4 is 0 Å². The van der Waals surface area contributed by atoms with E-state index >= 15 is 0 Å². The van der Waals surface area contributed by atoms with E-state index in [1.54, 1.807) is 0 Å². The summed E-state index contributed by atoms with van der Waals surface area (Å²) in [5, 5.41) is 2.49. The zero-order valence-electron chi connectivity index (χ0n) is 14.8. The molecule has 2 heteroatoms. The van der Waals surface area contributed by atoms with Gasteiger partial charge in [-0.1, -0.05) is 50.1 Å². The van der Waals surface area contributed by atoms with Gasteiger partial charge in [0, 0.05) is 11.0 Å². The number of rotatable bonds is 8. The molecule has 2 N–H and O–H groups in total. The quantitative estimate of drug-likeness (QED) is 0.779. The minimum atomic E-state index is 0.380. The van der Waals surface area contributed by atoms with Gasteiger partial charge in [0.25, 0.3) is 0 Å². The lowest BCUT2D eigenvalue weighted by atomic mass is 9.79. The smallest absolute Gasteiger partial charge is 0.119 e. The van der Waals surface area contributed by atoms with Gasteiger partial charge in [0.15, 0.2) is 0 Å². The van der Waals surface area contributed by atoms with Gasteiger partial charge in [0.1, 0.15) is 12.3 Å². The molecule has 128 valence electrons. The fourth-order valence-electron chi connectivity index (χ4n) is 3.91. The molecule has 2 aromatic carbocycles. The van der Waals surface area contributed by atoms with Crippen LogP contribution in [0.1, 0.15) is 50.2 Å². The van der Waals surface area contributed by atoms with E-state index in [0.29, 0.717) is 5.41 Å². The Balaban J connectivity index is 1.56. The molecular weight excluding hydrogens is 294 g/mol. The summed E-state index contributed by atoms with van der Waals surface area (Å²) in [5.41, 5.74) is 3.29. The lowest BCUT2D eigenvalue weighted by Gasteiger charge is -2.27. The van der Waals surface area contributed by atoms with Gasteiger partial charge in [-0.25, -0.2) is 0 Å². The van der Waals surface area contributed by atoms with Crippen LogP contribution in [0, 0.1) is 0 Å². The van der Waals surface area contributed by atoms with Gasteiger partial charge in [0.05, 0.1) is 13.2 Å². The molecular formula is C22H30NO+. The van der Waals surface area contributed by atoms with E-state index in [-0.39, 0.29) is 0 Å². The first kappa shape index (κ1) is 17.0. The van der Waals surface area contributed by atoms with Gasteiger partial charge in [-0.3, -0.25) is 0 Å². The summed E-state index contributed by atoms with van der Waals surface area (Å²) in [6.07, 6.45) is 6.45. The molecule has 0 radical (unpaired) electrons. The van der Waals surface area contributed by atoms with Crippen molar-refractivity contribution in [1.29, 1.82) is 0 Å². The van der Waals surface area contributed by atoms with Crippen molar-refractivity contribution in [3.8, 4) is 5.75 Å². The maximum absolute atomic E-state index is 5.66. The molecule has 0 bridgehead atoms. The minimum Gasteiger partial charge on any atom is -0.494 e. The molecule has 0 amide bonds. The van der Waals surface area contributed by atoms with Crippen LogP contribution in [0.2, 0.25) is 0 Å². The third-order valence-corrected chi connectivity index (χ3v) is 5.26. The maximum atomic E-state index is 5.66. The van der Waals surface area contributed by atoms with Crippen LogP contribution >= 0.6 is 0 Å². The Morgan fingerprint density at radius 2 is 1.67 bits per heavy atom. The van der Waals surface area contributed by atoms with E-state index < -0.39 is 0 Å². The number of benzene rings is 2. The fourth-order valence-corrected chi connectivity index (χ4v) is 3.91. The third-order valence-electron chi connectivity index (χ3n) is 5.26. The van der Waals surface area contributed by atoms with Crippen LogP contribution < -0.4 is 10.1 Å². The van der Waals surface area contributed by atoms with E-state index in [1.165, 1.54) is 43.4 Å². The molecule has 3 rings (SSSR count). The van der Waals surface area contributed by atoms with Crippen molar-refractivity contribution in [2.24, 2.45) is 0 Å². The van der Waals surface area contributed by atoms with E-state index in [4.69, 9.17) is 4.74 Å². The lowest BCUT2D eigenvalue weighted by molar-refractivity contribution is -0.677. The topological polar surface area (TPSA) is 25.8 Å². The monoisotopic (exact) mass is 324 g/mol. The summed E-state index contributed by atoms with van der Waals surface area (Å²) in [6, 6.07) is 19.7. The number of hydrogen-bond donors (Lipinski definition) is 1. The lowest BCUT2D eigenvalue weighted by Crippen LogP contribution is -2.86. The molecule has 0 heterocycles. The SMILES string of the molecule is CCCOc1ccc(C[NH2+]CC2(c3ccccc3)CCCC2)cc1. The molecule has 0 spiro atoms. The molecule has 1 aliphatic carbocycles. The summed E-state index contributed by atoms with van der Waals surface area (Å²) in [4.78, 5) is 0. The van der Waals surface area contributed by atoms with Crippen molar-refractivity contribution in [2.45, 2.75) is 51.0 Å². The predicted molar refractivity (Wildman–Crippen MR) is 99.3 cm³/mol. The van der Waals surface area contributed by atoms with Gasteiger partial charge in [-0.05, 0) is 49.1 Å². The summed E-state index contributed by atoms with van der Waals surface area (Å²) in [6.45, 7) is 5.16. The average molecular weight is 324 g/mol. The Kier molecular flexibility index (Phi) is 5.92. The number of ether oxygens (including phenoxy) is 1. The van der Waals surface area contributed by atoms with Gasteiger partial charge in [-0.2, -0.15) is 0 Å². The zero-order valence-corrected chi connectivity index (χ0v) is 14.8. The molecule has 1 saturated carbocycles. The molecule has 0 aliphatic heterocycles. The second kappa shape index (κ2) is 8.34. The molecule has 0 unspecified atom stereocenters. The van der Waals surface area contributed by atoms with E-state index in [2.05, 4.69) is 66.8 Å². The van der Waals surface area contributed by atoms with Crippen molar-refractivity contribution in [1.82, 2.24) is 0 Å². The van der Waals surface area contributed by atoms with Gasteiger partial charge in [0.2, 0.25) is 0 Å². The number of hydrogen-bond acceptors (Lipinski definition) is 1. The largest absolute Gasteiger partial charge is 0.494 e. The summed E-state index contributed by atoms with van der Waals surface area (Å²) in [7, 11) is 0. The highest BCUT2D eigenvalue weighted by Gasteiger charge is 2.37. The first-order valence-corrected chi connectivity index (χ1v) is 9.41. The highest BCUT2D eigenvalue weighted by molar-refractivity contribution is 5.27. The molecule has 24 heavy (non-hydrogen) atoms. The highest BCUT2D eigenvalue weighted by Crippen LogP contribution is 2.39. The molecule has 2 nitrogen and oxygen atoms in total. The van der Waals surface area contributed by atoms with Gasteiger partial charge in [-0.15, -0.1) is 0 Å². The predicted octanol–water partition coefficient (Wildman–Crippen LogP) is 4.05. The maximum Gasteiger partial charge on any atom is 0.119 e. The summed E-state index contributed by atoms with van der Waals surface area (Å²) < 4.78 is 5.66. The standard InChI is InChI=1S/C22H29NO/c1-2-16-24-21-12-10-19(11-13-21)17-23-18-22(14-6-7-15-22)20-8-4-3-5-9-20/h3-5,8-13,23H,2,6-7,14-18H2,1H3/p+1. The summed E-state index contributed by atoms with van der Waals surface area (Å²) >= 11 is 0. The first-order chi connectivity index (χ1) is 11.8. The molecule has 0 saturated heterocycles. The summed E-state index contributed by atoms with van der Waals surface area (Å²) in [5.74, 6) is 0.983. The highest BCUT2D eigenvalue weighted by atomic mass is 16.5. The van der Waals surface area contributed by atoms with Crippen molar-refractivity contribution in [2.75, 3.05) is 13.2 Å². The van der Waals surface area contributed by atoms with E-state index in [0.717, 1.165) is 25.3 Å². The van der Waals surface area contributed by atoms with Crippen LogP contribution in [0.15, 0.2) is 54.6 Å². The van der Waals surface area contributed by atoms with Crippen LogP contribution in [0.25, 0.3) is 0 Å². The fraction of sp³-hybridized carbons (Fsp3) is 0.455. The third kappa shape index (κ3) is 4.18. The molecule has 2 aromatic rings. The minimum absolute atomic E-state index is 0.380. The molecule has 1 aliphatic rings. The second-order valence-electron chi connectivity index (χ2n) is 7.04. The number of quaternary nitrogens is 1. The van der Waals surface area contributed by atoms with Crippen LogP contribution in [0.4, 0.5) is 0 Å². The van der Waals surface area contributed by atoms with Crippen LogP contribution in [0.3, 0.4) is 0 Å². The Bertz CT molecular complexity index is 600. The van der Waals surface area contributed by atoms with Gasteiger partial charge >= 0.3 is 0 Å². The van der Waals surface area contributed by atoms with Crippen LogP contribution in [0.5, 0.6) is 5.75 Å².